The van der Waals surface area contributed by atoms with Gasteiger partial charge in [-0.15, -0.1) is 0 Å². The highest BCUT2D eigenvalue weighted by Gasteiger charge is 2.17. The van der Waals surface area contributed by atoms with Gasteiger partial charge in [-0.25, -0.2) is 0 Å². The van der Waals surface area contributed by atoms with Gasteiger partial charge in [-0.1, -0.05) is 15.9 Å². The van der Waals surface area contributed by atoms with Crippen LogP contribution in [0, 0.1) is 0 Å². The molecule has 0 saturated carbocycles. The van der Waals surface area contributed by atoms with Crippen LogP contribution in [0.4, 0.5) is 0 Å². The molecular weight excluding hydrogens is 324 g/mol. The summed E-state index contributed by atoms with van der Waals surface area (Å²) >= 11 is 3.36. The van der Waals surface area contributed by atoms with Crippen LogP contribution >= 0.6 is 15.9 Å². The van der Waals surface area contributed by atoms with Crippen molar-refractivity contribution in [3.05, 3.63) is 28.7 Å². The Morgan fingerprint density at radius 2 is 2.00 bits per heavy atom. The highest BCUT2D eigenvalue weighted by Crippen LogP contribution is 2.15. The van der Waals surface area contributed by atoms with Gasteiger partial charge >= 0.3 is 0 Å². The molecule has 0 aromatic heterocycles. The Kier molecular flexibility index (Phi) is 7.58. The number of amides is 1. The maximum Gasteiger partial charge on any atom is 0.239 e. The quantitative estimate of drug-likeness (QED) is 0.778. The van der Waals surface area contributed by atoms with Gasteiger partial charge in [0.05, 0.1) is 12.6 Å². The molecule has 0 aliphatic carbocycles. The predicted molar refractivity (Wildman–Crippen MR) is 81.7 cm³/mol. The molecule has 2 N–H and O–H groups in total. The summed E-state index contributed by atoms with van der Waals surface area (Å²) in [5.74, 6) is 0.680. The summed E-state index contributed by atoms with van der Waals surface area (Å²) in [7, 11) is 3.31. The monoisotopic (exact) mass is 344 g/mol. The highest BCUT2D eigenvalue weighted by atomic mass is 79.9. The number of likely N-dealkylation sites (N-methyl/N-ethyl adjacent to an activating group) is 1. The molecule has 1 aromatic rings. The number of carbonyl (C=O) groups is 1. The van der Waals surface area contributed by atoms with E-state index in [0.29, 0.717) is 26.2 Å². The Labute approximate surface area is 128 Å². The second-order valence-electron chi connectivity index (χ2n) is 4.45. The number of methoxy groups -OCH3 is 1. The fourth-order valence-electron chi connectivity index (χ4n) is 1.59. The van der Waals surface area contributed by atoms with Crippen molar-refractivity contribution in [3.63, 3.8) is 0 Å². The van der Waals surface area contributed by atoms with Gasteiger partial charge in [-0.2, -0.15) is 0 Å². The molecule has 0 fully saturated rings. The number of ether oxygens (including phenoxy) is 2. The van der Waals surface area contributed by atoms with Crippen LogP contribution in [0.2, 0.25) is 0 Å². The molecule has 1 amide bonds. The van der Waals surface area contributed by atoms with E-state index in [4.69, 9.17) is 15.2 Å². The molecule has 5 nitrogen and oxygen atoms in total. The topological polar surface area (TPSA) is 64.8 Å². The first-order valence-corrected chi connectivity index (χ1v) is 7.21. The number of carbonyl (C=O) groups excluding carboxylic acids is 1. The molecule has 6 heteroatoms. The van der Waals surface area contributed by atoms with Crippen LogP contribution in [0.3, 0.4) is 0 Å². The lowest BCUT2D eigenvalue weighted by atomic mass is 10.2. The van der Waals surface area contributed by atoms with Crippen molar-refractivity contribution in [1.29, 1.82) is 0 Å². The number of hydrogen-bond donors (Lipinski definition) is 1. The second kappa shape index (κ2) is 8.94. The van der Waals surface area contributed by atoms with Gasteiger partial charge < -0.3 is 20.1 Å². The van der Waals surface area contributed by atoms with Crippen LogP contribution in [0.1, 0.15) is 6.42 Å². The molecule has 0 aliphatic heterocycles. The minimum atomic E-state index is -0.521. The lowest BCUT2D eigenvalue weighted by Crippen LogP contribution is -2.43. The van der Waals surface area contributed by atoms with Gasteiger partial charge in [0.2, 0.25) is 5.91 Å². The Balaban J connectivity index is 2.30. The van der Waals surface area contributed by atoms with Crippen molar-refractivity contribution in [2.24, 2.45) is 5.73 Å². The van der Waals surface area contributed by atoms with Crippen molar-refractivity contribution in [3.8, 4) is 5.75 Å². The van der Waals surface area contributed by atoms with E-state index in [1.807, 2.05) is 24.3 Å². The largest absolute Gasteiger partial charge is 0.492 e. The smallest absolute Gasteiger partial charge is 0.239 e. The zero-order valence-electron chi connectivity index (χ0n) is 11.8. The molecule has 1 rings (SSSR count). The number of halogens is 1. The molecule has 0 aliphatic rings. The minimum Gasteiger partial charge on any atom is -0.492 e. The van der Waals surface area contributed by atoms with Crippen LogP contribution in [-0.4, -0.2) is 50.8 Å². The summed E-state index contributed by atoms with van der Waals surface area (Å²) in [6.45, 7) is 1.41. The first-order chi connectivity index (χ1) is 9.54. The van der Waals surface area contributed by atoms with E-state index in [2.05, 4.69) is 15.9 Å². The molecule has 1 aromatic carbocycles. The van der Waals surface area contributed by atoms with Gasteiger partial charge in [0.15, 0.2) is 0 Å². The number of rotatable bonds is 8. The van der Waals surface area contributed by atoms with Crippen molar-refractivity contribution in [2.45, 2.75) is 12.5 Å². The maximum atomic E-state index is 11.9. The number of nitrogens with two attached hydrogens (primary N) is 1. The molecular formula is C14H21BrN2O3. The van der Waals surface area contributed by atoms with Crippen molar-refractivity contribution in [1.82, 2.24) is 4.90 Å². The number of hydrogen-bond acceptors (Lipinski definition) is 4. The third kappa shape index (κ3) is 5.90. The zero-order valence-corrected chi connectivity index (χ0v) is 13.4. The van der Waals surface area contributed by atoms with Crippen LogP contribution in [-0.2, 0) is 9.53 Å². The van der Waals surface area contributed by atoms with E-state index >= 15 is 0 Å². The van der Waals surface area contributed by atoms with Crippen LogP contribution < -0.4 is 10.5 Å². The van der Waals surface area contributed by atoms with Gasteiger partial charge in [-0.05, 0) is 30.7 Å². The predicted octanol–water partition coefficient (Wildman–Crippen LogP) is 1.65. The lowest BCUT2D eigenvalue weighted by Gasteiger charge is -2.21. The Bertz CT molecular complexity index is 411. The van der Waals surface area contributed by atoms with E-state index in [1.54, 1.807) is 19.1 Å². The molecule has 0 heterocycles. The maximum absolute atomic E-state index is 11.9. The summed E-state index contributed by atoms with van der Waals surface area (Å²) in [4.78, 5) is 13.5. The third-order valence-corrected chi connectivity index (χ3v) is 3.36. The van der Waals surface area contributed by atoms with Crippen LogP contribution in [0.25, 0.3) is 0 Å². The average Bonchev–Trinajstić information content (AvgIpc) is 2.45. The van der Waals surface area contributed by atoms with Crippen LogP contribution in [0.5, 0.6) is 5.75 Å². The van der Waals surface area contributed by atoms with Gasteiger partial charge in [0.25, 0.3) is 0 Å². The van der Waals surface area contributed by atoms with Crippen LogP contribution in [0.15, 0.2) is 28.7 Å². The van der Waals surface area contributed by atoms with Crippen molar-refractivity contribution >= 4 is 21.8 Å². The third-order valence-electron chi connectivity index (χ3n) is 2.84. The SMILES string of the molecule is COCCC(N)C(=O)N(C)CCOc1ccc(Br)cc1. The Hall–Kier alpha value is -1.11. The van der Waals surface area contributed by atoms with E-state index < -0.39 is 6.04 Å². The molecule has 20 heavy (non-hydrogen) atoms. The summed E-state index contributed by atoms with van der Waals surface area (Å²) in [5, 5.41) is 0. The number of benzene rings is 1. The molecule has 0 saturated heterocycles. The summed E-state index contributed by atoms with van der Waals surface area (Å²) in [6, 6.07) is 7.04. The first kappa shape index (κ1) is 16.9. The summed E-state index contributed by atoms with van der Waals surface area (Å²) in [5.41, 5.74) is 5.79. The summed E-state index contributed by atoms with van der Waals surface area (Å²) < 4.78 is 11.5. The van der Waals surface area contributed by atoms with Gasteiger partial charge in [-0.3, -0.25) is 4.79 Å². The zero-order chi connectivity index (χ0) is 15.0. The Morgan fingerprint density at radius 3 is 2.60 bits per heavy atom. The molecule has 1 atom stereocenters. The van der Waals surface area contributed by atoms with E-state index in [9.17, 15) is 4.79 Å². The van der Waals surface area contributed by atoms with Crippen molar-refractivity contribution < 1.29 is 14.3 Å². The minimum absolute atomic E-state index is 0.0959. The second-order valence-corrected chi connectivity index (χ2v) is 5.37. The van der Waals surface area contributed by atoms with Gasteiger partial charge in [0.1, 0.15) is 12.4 Å². The standard InChI is InChI=1S/C14H21BrN2O3/c1-17(14(18)13(16)7-9-19-2)8-10-20-12-5-3-11(15)4-6-12/h3-6,13H,7-10,16H2,1-2H3. The molecule has 112 valence electrons. The summed E-state index contributed by atoms with van der Waals surface area (Å²) in [6.07, 6.45) is 0.521. The van der Waals surface area contributed by atoms with E-state index in [1.165, 1.54) is 0 Å². The highest BCUT2D eigenvalue weighted by molar-refractivity contribution is 9.10. The molecule has 0 radical (unpaired) electrons. The number of nitrogens with zero attached hydrogens (tertiary/aromatic N) is 1. The van der Waals surface area contributed by atoms with Crippen molar-refractivity contribution in [2.75, 3.05) is 33.9 Å². The molecule has 0 spiro atoms. The molecule has 1 unspecified atom stereocenters. The Morgan fingerprint density at radius 1 is 1.35 bits per heavy atom. The fourth-order valence-corrected chi connectivity index (χ4v) is 1.86. The van der Waals surface area contributed by atoms with E-state index in [0.717, 1.165) is 10.2 Å². The lowest BCUT2D eigenvalue weighted by molar-refractivity contribution is -0.132. The average molecular weight is 345 g/mol. The van der Waals surface area contributed by atoms with E-state index in [-0.39, 0.29) is 5.91 Å². The molecule has 0 bridgehead atoms. The first-order valence-electron chi connectivity index (χ1n) is 6.42. The van der Waals surface area contributed by atoms with Gasteiger partial charge in [0, 0.05) is 25.2 Å². The normalized spacial score (nSPS) is 12.0. The fraction of sp³-hybridized carbons (Fsp3) is 0.500.